The van der Waals surface area contributed by atoms with Gasteiger partial charge in [-0.3, -0.25) is 0 Å². The first kappa shape index (κ1) is 13.0. The summed E-state index contributed by atoms with van der Waals surface area (Å²) in [5, 5.41) is 0.598. The molecule has 0 fully saturated rings. The van der Waals surface area contributed by atoms with Crippen molar-refractivity contribution in [3.8, 4) is 11.8 Å². The summed E-state index contributed by atoms with van der Waals surface area (Å²) in [5.41, 5.74) is -1.12. The highest BCUT2D eigenvalue weighted by molar-refractivity contribution is 9.09. The van der Waals surface area contributed by atoms with Crippen molar-refractivity contribution in [3.63, 3.8) is 0 Å². The molecule has 0 nitrogen and oxygen atoms in total. The smallest absolute Gasteiger partial charge is 0.206 e. The highest BCUT2D eigenvalue weighted by Gasteiger charge is 2.30. The number of halogens is 5. The summed E-state index contributed by atoms with van der Waals surface area (Å²) in [7, 11) is 0. The van der Waals surface area contributed by atoms with Crippen molar-refractivity contribution >= 4 is 15.9 Å². The highest BCUT2D eigenvalue weighted by atomic mass is 79.9. The molecule has 0 bridgehead atoms. The van der Waals surface area contributed by atoms with E-state index in [-0.39, 0.29) is 5.56 Å². The summed E-state index contributed by atoms with van der Waals surface area (Å²) in [5.74, 6) is 4.20. The molecule has 0 saturated carbocycles. The topological polar surface area (TPSA) is 0 Å². The van der Waals surface area contributed by atoms with Crippen LogP contribution in [0.1, 0.15) is 17.5 Å². The van der Waals surface area contributed by atoms with E-state index in [1.807, 2.05) is 0 Å². The van der Waals surface area contributed by atoms with Crippen LogP contribution in [-0.2, 0) is 6.18 Å². The van der Waals surface area contributed by atoms with Crippen molar-refractivity contribution in [1.82, 2.24) is 0 Å². The largest absolute Gasteiger partial charge is 0.416 e. The molecule has 0 aliphatic carbocycles. The van der Waals surface area contributed by atoms with Gasteiger partial charge in [0.2, 0.25) is 0 Å². The fourth-order valence-electron chi connectivity index (χ4n) is 1.00. The Morgan fingerprint density at radius 3 is 2.50 bits per heavy atom. The third kappa shape index (κ3) is 3.53. The Kier molecular flexibility index (Phi) is 4.36. The molecule has 0 heterocycles. The second-order valence-corrected chi connectivity index (χ2v) is 3.73. The van der Waals surface area contributed by atoms with Gasteiger partial charge in [-0.15, -0.1) is 0 Å². The van der Waals surface area contributed by atoms with Crippen LogP contribution >= 0.6 is 15.9 Å². The SMILES string of the molecule is Fc1ccc(C(F)(F)F)cc1C#CCCBr. The third-order valence-electron chi connectivity index (χ3n) is 1.74. The van der Waals surface area contributed by atoms with E-state index in [1.54, 1.807) is 0 Å². The second-order valence-electron chi connectivity index (χ2n) is 2.93. The average Bonchev–Trinajstić information content (AvgIpc) is 2.19. The van der Waals surface area contributed by atoms with Gasteiger partial charge in [0.05, 0.1) is 11.1 Å². The zero-order valence-corrected chi connectivity index (χ0v) is 9.62. The van der Waals surface area contributed by atoms with E-state index < -0.39 is 17.6 Å². The van der Waals surface area contributed by atoms with Crippen LogP contribution in [0.2, 0.25) is 0 Å². The lowest BCUT2D eigenvalue weighted by molar-refractivity contribution is -0.137. The molecular formula is C11H7BrF4. The maximum Gasteiger partial charge on any atom is 0.416 e. The molecule has 0 amide bonds. The number of hydrogen-bond acceptors (Lipinski definition) is 0. The van der Waals surface area contributed by atoms with E-state index in [9.17, 15) is 17.6 Å². The van der Waals surface area contributed by atoms with E-state index >= 15 is 0 Å². The van der Waals surface area contributed by atoms with Gasteiger partial charge in [0.15, 0.2) is 0 Å². The van der Waals surface area contributed by atoms with Crippen molar-refractivity contribution in [1.29, 1.82) is 0 Å². The maximum atomic E-state index is 13.1. The summed E-state index contributed by atoms with van der Waals surface area (Å²) in [6.07, 6.45) is -4.02. The quantitative estimate of drug-likeness (QED) is 0.417. The molecule has 0 spiro atoms. The van der Waals surface area contributed by atoms with Crippen LogP contribution in [-0.4, -0.2) is 5.33 Å². The van der Waals surface area contributed by atoms with Gasteiger partial charge >= 0.3 is 6.18 Å². The van der Waals surface area contributed by atoms with Gasteiger partial charge in [-0.25, -0.2) is 4.39 Å². The molecule has 0 N–H and O–H groups in total. The molecule has 0 aromatic heterocycles. The fourth-order valence-corrected chi connectivity index (χ4v) is 1.20. The Morgan fingerprint density at radius 1 is 1.25 bits per heavy atom. The lowest BCUT2D eigenvalue weighted by Crippen LogP contribution is -2.05. The van der Waals surface area contributed by atoms with Gasteiger partial charge < -0.3 is 0 Å². The van der Waals surface area contributed by atoms with Crippen LogP contribution in [0.3, 0.4) is 0 Å². The molecule has 1 aromatic rings. The van der Waals surface area contributed by atoms with E-state index in [1.165, 1.54) is 0 Å². The minimum absolute atomic E-state index is 0.226. The summed E-state index contributed by atoms with van der Waals surface area (Å²) in [6.45, 7) is 0. The molecule has 0 aliphatic heterocycles. The van der Waals surface area contributed by atoms with Crippen LogP contribution in [0, 0.1) is 17.7 Å². The van der Waals surface area contributed by atoms with Crippen molar-refractivity contribution in [2.24, 2.45) is 0 Å². The molecule has 0 saturated heterocycles. The van der Waals surface area contributed by atoms with Crippen LogP contribution < -0.4 is 0 Å². The van der Waals surface area contributed by atoms with Crippen LogP contribution in [0.25, 0.3) is 0 Å². The summed E-state index contributed by atoms with van der Waals surface area (Å²) in [6, 6.07) is 2.20. The third-order valence-corrected chi connectivity index (χ3v) is 2.13. The minimum Gasteiger partial charge on any atom is -0.206 e. The molecule has 0 aliphatic rings. The lowest BCUT2D eigenvalue weighted by atomic mass is 10.1. The fraction of sp³-hybridized carbons (Fsp3) is 0.273. The van der Waals surface area contributed by atoms with E-state index in [0.29, 0.717) is 17.8 Å². The number of benzene rings is 1. The summed E-state index contributed by atoms with van der Waals surface area (Å²) < 4.78 is 50.0. The molecule has 86 valence electrons. The molecule has 0 atom stereocenters. The Hall–Kier alpha value is -1.02. The molecular weight excluding hydrogens is 288 g/mol. The molecule has 5 heteroatoms. The van der Waals surface area contributed by atoms with Crippen LogP contribution in [0.4, 0.5) is 17.6 Å². The number of hydrogen-bond donors (Lipinski definition) is 0. The van der Waals surface area contributed by atoms with Crippen molar-refractivity contribution < 1.29 is 17.6 Å². The van der Waals surface area contributed by atoms with Crippen LogP contribution in [0.5, 0.6) is 0 Å². The predicted molar refractivity (Wildman–Crippen MR) is 56.7 cm³/mol. The van der Waals surface area contributed by atoms with E-state index in [4.69, 9.17) is 0 Å². The van der Waals surface area contributed by atoms with E-state index in [2.05, 4.69) is 27.8 Å². The van der Waals surface area contributed by atoms with Crippen LogP contribution in [0.15, 0.2) is 18.2 Å². The Labute approximate surface area is 98.8 Å². The molecule has 0 radical (unpaired) electrons. The van der Waals surface area contributed by atoms with Gasteiger partial charge in [-0.2, -0.15) is 13.2 Å². The Balaban J connectivity index is 3.06. The molecule has 1 aromatic carbocycles. The summed E-state index contributed by atoms with van der Waals surface area (Å²) >= 11 is 3.11. The van der Waals surface area contributed by atoms with E-state index in [0.717, 1.165) is 12.1 Å². The molecule has 16 heavy (non-hydrogen) atoms. The predicted octanol–water partition coefficient (Wildman–Crippen LogP) is 3.98. The lowest BCUT2D eigenvalue weighted by Gasteiger charge is -2.06. The highest BCUT2D eigenvalue weighted by Crippen LogP contribution is 2.30. The summed E-state index contributed by atoms with van der Waals surface area (Å²) in [4.78, 5) is 0. The Morgan fingerprint density at radius 2 is 1.94 bits per heavy atom. The van der Waals surface area contributed by atoms with Gasteiger partial charge in [0.1, 0.15) is 5.82 Å². The van der Waals surface area contributed by atoms with Gasteiger partial charge in [0.25, 0.3) is 0 Å². The van der Waals surface area contributed by atoms with Gasteiger partial charge in [0, 0.05) is 11.8 Å². The molecule has 1 rings (SSSR count). The van der Waals surface area contributed by atoms with Crippen molar-refractivity contribution in [2.45, 2.75) is 12.6 Å². The molecule has 0 unspecified atom stereocenters. The second kappa shape index (κ2) is 5.35. The minimum atomic E-state index is -4.47. The van der Waals surface area contributed by atoms with Crippen molar-refractivity contribution in [3.05, 3.63) is 35.1 Å². The zero-order valence-electron chi connectivity index (χ0n) is 8.04. The first-order valence-corrected chi connectivity index (χ1v) is 5.49. The first-order chi connectivity index (χ1) is 7.45. The number of rotatable bonds is 1. The normalized spacial score (nSPS) is 10.8. The zero-order chi connectivity index (χ0) is 12.2. The average molecular weight is 295 g/mol. The number of alkyl halides is 4. The van der Waals surface area contributed by atoms with Gasteiger partial charge in [-0.05, 0) is 18.2 Å². The maximum absolute atomic E-state index is 13.1. The Bertz CT molecular complexity index is 426. The standard InChI is InChI=1S/C11H7BrF4/c12-6-2-1-3-8-7-9(11(14,15)16)4-5-10(8)13/h4-5,7H,2,6H2. The monoisotopic (exact) mass is 294 g/mol. The first-order valence-electron chi connectivity index (χ1n) is 4.36. The van der Waals surface area contributed by atoms with Gasteiger partial charge in [-0.1, -0.05) is 27.8 Å². The van der Waals surface area contributed by atoms with Crippen molar-refractivity contribution in [2.75, 3.05) is 5.33 Å².